The van der Waals surface area contributed by atoms with Crippen LogP contribution in [0.5, 0.6) is 11.5 Å². The van der Waals surface area contributed by atoms with Crippen molar-refractivity contribution in [1.82, 2.24) is 19.7 Å². The van der Waals surface area contributed by atoms with Crippen LogP contribution in [0.4, 0.5) is 11.4 Å². The summed E-state index contributed by atoms with van der Waals surface area (Å²) in [5, 5.41) is 0. The van der Waals surface area contributed by atoms with Gasteiger partial charge in [0.15, 0.2) is 0 Å². The van der Waals surface area contributed by atoms with Gasteiger partial charge in [0, 0.05) is 62.4 Å². The number of nitrogens with zero attached hydrogens (tertiary/aromatic N) is 6. The minimum atomic E-state index is -0.0493. The van der Waals surface area contributed by atoms with Crippen LogP contribution in [0.1, 0.15) is 109 Å². The van der Waals surface area contributed by atoms with Gasteiger partial charge in [-0.15, -0.1) is 0 Å². The quantitative estimate of drug-likeness (QED) is 0.110. The molecule has 4 aliphatic heterocycles. The molecule has 13 heteroatoms. The van der Waals surface area contributed by atoms with Crippen LogP contribution in [0, 0.1) is 13.8 Å². The topological polar surface area (TPSA) is 117 Å². The molecular weight excluding hydrogens is 805 g/mol. The Labute approximate surface area is 368 Å². The molecule has 3 amide bonds. The lowest BCUT2D eigenvalue weighted by molar-refractivity contribution is -0.130. The Balaban J connectivity index is 1.08. The van der Waals surface area contributed by atoms with Crippen LogP contribution in [0.2, 0.25) is 0 Å². The maximum absolute atomic E-state index is 13.6. The zero-order valence-electron chi connectivity index (χ0n) is 36.7. The van der Waals surface area contributed by atoms with Crippen LogP contribution in [0.3, 0.4) is 0 Å². The second-order valence-corrected chi connectivity index (χ2v) is 20.2. The van der Waals surface area contributed by atoms with E-state index in [-0.39, 0.29) is 47.8 Å². The zero-order valence-corrected chi connectivity index (χ0v) is 38.4. The highest BCUT2D eigenvalue weighted by Gasteiger charge is 2.36. The first kappa shape index (κ1) is 44.2. The van der Waals surface area contributed by atoms with Gasteiger partial charge < -0.3 is 24.2 Å². The molecule has 0 N–H and O–H groups in total. The van der Waals surface area contributed by atoms with Crippen molar-refractivity contribution in [1.29, 1.82) is 0 Å². The summed E-state index contributed by atoms with van der Waals surface area (Å²) in [7, 11) is 5.43. The number of rotatable bonds is 15. The van der Waals surface area contributed by atoms with E-state index in [0.29, 0.717) is 60.1 Å². The summed E-state index contributed by atoms with van der Waals surface area (Å²) in [6.45, 7) is 14.6. The highest BCUT2D eigenvalue weighted by atomic mass is 33.1. The second kappa shape index (κ2) is 19.0. The van der Waals surface area contributed by atoms with Crippen LogP contribution in [-0.2, 0) is 24.4 Å². The second-order valence-electron chi connectivity index (χ2n) is 17.1. The van der Waals surface area contributed by atoms with Gasteiger partial charge in [-0.1, -0.05) is 44.9 Å². The summed E-state index contributed by atoms with van der Waals surface area (Å²) in [6.07, 6.45) is 14.5. The zero-order chi connectivity index (χ0) is 43.4. The van der Waals surface area contributed by atoms with Gasteiger partial charge in [0.1, 0.15) is 24.7 Å². The Morgan fingerprint density at radius 1 is 0.836 bits per heavy atom. The summed E-state index contributed by atoms with van der Waals surface area (Å²) in [6, 6.07) is 11.5. The molecule has 11 nitrogen and oxygen atoms in total. The molecule has 322 valence electrons. The van der Waals surface area contributed by atoms with Crippen LogP contribution < -0.4 is 9.47 Å². The third-order valence-corrected chi connectivity index (χ3v) is 14.7. The molecule has 1 aromatic heterocycles. The average Bonchev–Trinajstić information content (AvgIpc) is 3.81. The lowest BCUT2D eigenvalue weighted by Gasteiger charge is -2.24. The summed E-state index contributed by atoms with van der Waals surface area (Å²) < 4.78 is 12.9. The van der Waals surface area contributed by atoms with E-state index in [1.807, 2.05) is 86.1 Å². The minimum absolute atomic E-state index is 0.0137. The Bertz CT molecular complexity index is 2190. The summed E-state index contributed by atoms with van der Waals surface area (Å²) >= 11 is 0. The van der Waals surface area contributed by atoms with E-state index in [4.69, 9.17) is 24.4 Å². The van der Waals surface area contributed by atoms with Gasteiger partial charge in [0.2, 0.25) is 5.91 Å². The SMILES string of the molecule is C/C=C1\C[C@H]2C=Nc3cc(OCc4cc(CCCN(C)C(=O)CCC(C)(C)SSC)cc(COc5cc6c(cc5C)C(=O)N5C/C(=C/C)C[C@H]5C=N6)n4)c(C)cc3C(=O)N2C1. The van der Waals surface area contributed by atoms with E-state index < -0.39 is 0 Å². The molecule has 61 heavy (non-hydrogen) atoms. The molecule has 0 unspecified atom stereocenters. The number of hydrogen-bond acceptors (Lipinski definition) is 10. The van der Waals surface area contributed by atoms with Gasteiger partial charge in [0.25, 0.3) is 11.8 Å². The van der Waals surface area contributed by atoms with Gasteiger partial charge in [-0.05, 0) is 121 Å². The van der Waals surface area contributed by atoms with Gasteiger partial charge in [-0.2, -0.15) is 0 Å². The molecular formula is C48H58N6O5S2. The van der Waals surface area contributed by atoms with Crippen molar-refractivity contribution >= 4 is 63.1 Å². The lowest BCUT2D eigenvalue weighted by atomic mass is 10.1. The van der Waals surface area contributed by atoms with E-state index in [1.165, 1.54) is 11.1 Å². The van der Waals surface area contributed by atoms with Gasteiger partial charge in [-0.25, -0.2) is 0 Å². The Morgan fingerprint density at radius 3 is 1.82 bits per heavy atom. The molecule has 0 saturated carbocycles. The highest BCUT2D eigenvalue weighted by Crippen LogP contribution is 2.38. The van der Waals surface area contributed by atoms with Crippen molar-refractivity contribution in [2.24, 2.45) is 9.98 Å². The van der Waals surface area contributed by atoms with Gasteiger partial charge in [-0.3, -0.25) is 29.4 Å². The number of amides is 3. The summed E-state index contributed by atoms with van der Waals surface area (Å²) in [5.74, 6) is 1.41. The Morgan fingerprint density at radius 2 is 1.34 bits per heavy atom. The third-order valence-electron chi connectivity index (χ3n) is 12.0. The Kier molecular flexibility index (Phi) is 13.8. The number of benzene rings is 2. The van der Waals surface area contributed by atoms with E-state index >= 15 is 0 Å². The van der Waals surface area contributed by atoms with Crippen LogP contribution in [0.15, 0.2) is 69.7 Å². The number of carbonyl (C=O) groups excluding carboxylic acids is 3. The van der Waals surface area contributed by atoms with Crippen molar-refractivity contribution in [2.75, 3.05) is 32.9 Å². The number of allylic oxidation sites excluding steroid dienone is 2. The highest BCUT2D eigenvalue weighted by molar-refractivity contribution is 8.76. The fourth-order valence-corrected chi connectivity index (χ4v) is 10.6. The van der Waals surface area contributed by atoms with Gasteiger partial charge >= 0.3 is 0 Å². The molecule has 0 spiro atoms. The fraction of sp³-hybridized carbons (Fsp3) is 0.458. The average molecular weight is 863 g/mol. The number of fused-ring (bicyclic) bond motifs is 4. The molecule has 0 aliphatic carbocycles. The first-order chi connectivity index (χ1) is 29.2. The van der Waals surface area contributed by atoms with Crippen molar-refractivity contribution in [3.8, 4) is 11.5 Å². The van der Waals surface area contributed by atoms with E-state index in [2.05, 4.69) is 44.4 Å². The number of aryl methyl sites for hydroxylation is 3. The molecule has 7 rings (SSSR count). The normalized spacial score (nSPS) is 19.5. The maximum Gasteiger partial charge on any atom is 0.256 e. The smallest absolute Gasteiger partial charge is 0.256 e. The molecule has 2 saturated heterocycles. The fourth-order valence-electron chi connectivity index (χ4n) is 8.38. The van der Waals surface area contributed by atoms with Crippen LogP contribution in [-0.4, -0.2) is 99.6 Å². The number of aromatic nitrogens is 1. The van der Waals surface area contributed by atoms with Crippen molar-refractivity contribution in [3.05, 3.63) is 98.9 Å². The van der Waals surface area contributed by atoms with Crippen LogP contribution >= 0.6 is 21.6 Å². The molecule has 2 atom stereocenters. The molecule has 5 heterocycles. The number of pyridine rings is 1. The largest absolute Gasteiger partial charge is 0.487 e. The van der Waals surface area contributed by atoms with Crippen molar-refractivity contribution in [3.63, 3.8) is 0 Å². The number of aliphatic imine (C=N–C) groups is 2. The molecule has 0 bridgehead atoms. The van der Waals surface area contributed by atoms with E-state index in [1.54, 1.807) is 21.6 Å². The minimum Gasteiger partial charge on any atom is -0.487 e. The monoisotopic (exact) mass is 862 g/mol. The van der Waals surface area contributed by atoms with Crippen LogP contribution in [0.25, 0.3) is 0 Å². The van der Waals surface area contributed by atoms with E-state index in [9.17, 15) is 14.4 Å². The maximum atomic E-state index is 13.6. The standard InChI is InChI=1S/C48H58N6O5S2/c1-9-32-20-37-24-49-41-22-43(30(3)16-39(41)46(56)53(37)26-32)58-28-35-18-34(12-11-15-52(7)45(55)13-14-48(5,6)61-60-8)19-36(51-35)29-59-44-23-42-40(17-31(44)4)47(57)54-27-33(10-2)21-38(54)25-50-42/h9-10,16-19,22-25,37-38H,11-15,20-21,26-29H2,1-8H3/b32-9+,33-10+/t37-,38-/m0/s1. The predicted octanol–water partition coefficient (Wildman–Crippen LogP) is 9.57. The number of carbonyl (C=O) groups is 3. The lowest BCUT2D eigenvalue weighted by Crippen LogP contribution is -2.35. The first-order valence-corrected chi connectivity index (χ1v) is 23.8. The number of hydrogen-bond donors (Lipinski definition) is 0. The van der Waals surface area contributed by atoms with Crippen molar-refractivity contribution in [2.45, 2.75) is 110 Å². The molecule has 2 aromatic carbocycles. The Hall–Kier alpha value is -4.88. The first-order valence-electron chi connectivity index (χ1n) is 21.2. The molecule has 4 aliphatic rings. The molecule has 2 fully saturated rings. The van der Waals surface area contributed by atoms with Crippen molar-refractivity contribution < 1.29 is 23.9 Å². The third kappa shape index (κ3) is 10.3. The van der Waals surface area contributed by atoms with Gasteiger partial charge in [0.05, 0.1) is 46.0 Å². The number of ether oxygens (including phenoxy) is 2. The molecule has 3 aromatic rings. The predicted molar refractivity (Wildman–Crippen MR) is 248 cm³/mol. The summed E-state index contributed by atoms with van der Waals surface area (Å²) in [4.78, 5) is 60.4. The summed E-state index contributed by atoms with van der Waals surface area (Å²) in [5.41, 5.74) is 9.08. The molecule has 0 radical (unpaired) electrons. The van der Waals surface area contributed by atoms with E-state index in [0.717, 1.165) is 60.2 Å².